The van der Waals surface area contributed by atoms with E-state index in [0.717, 1.165) is 18.7 Å². The topological polar surface area (TPSA) is 70.9 Å². The molecule has 1 rings (SSSR count). The van der Waals surface area contributed by atoms with Crippen LogP contribution in [0.4, 0.5) is 0 Å². The predicted octanol–water partition coefficient (Wildman–Crippen LogP) is 2.00. The molecule has 0 aliphatic rings. The average molecular weight is 251 g/mol. The van der Waals surface area contributed by atoms with Gasteiger partial charge in [0.05, 0.1) is 11.5 Å². The molecule has 1 aromatic heterocycles. The van der Waals surface area contributed by atoms with Crippen LogP contribution in [0.2, 0.25) is 0 Å². The lowest BCUT2D eigenvalue weighted by atomic mass is 10.2. The highest BCUT2D eigenvalue weighted by atomic mass is 15.3. The van der Waals surface area contributed by atoms with Crippen molar-refractivity contribution in [2.75, 3.05) is 7.05 Å². The average Bonchev–Trinajstić information content (AvgIpc) is 2.75. The Morgan fingerprint density at radius 1 is 1.56 bits per heavy atom. The number of nitrogens with zero attached hydrogens (tertiary/aromatic N) is 3. The highest BCUT2D eigenvalue weighted by Crippen LogP contribution is 2.11. The molecule has 0 saturated carbocycles. The summed E-state index contributed by atoms with van der Waals surface area (Å²) < 4.78 is 2.01. The number of hydrogen-bond donors (Lipinski definition) is 2. The van der Waals surface area contributed by atoms with Gasteiger partial charge >= 0.3 is 0 Å². The Morgan fingerprint density at radius 2 is 2.22 bits per heavy atom. The fraction of sp³-hybridized carbons (Fsp3) is 0.692. The number of aromatic nitrogens is 2. The van der Waals surface area contributed by atoms with Gasteiger partial charge in [-0.05, 0) is 33.4 Å². The summed E-state index contributed by atoms with van der Waals surface area (Å²) in [5.41, 5.74) is 6.49. The molecule has 5 heteroatoms. The highest BCUT2D eigenvalue weighted by molar-refractivity contribution is 5.77. The predicted molar refractivity (Wildman–Crippen MR) is 74.7 cm³/mol. The first kappa shape index (κ1) is 14.7. The van der Waals surface area contributed by atoms with Gasteiger partial charge in [0, 0.05) is 31.2 Å². The molecule has 0 saturated heterocycles. The molecule has 2 unspecified atom stereocenters. The van der Waals surface area contributed by atoms with E-state index < -0.39 is 0 Å². The molecule has 2 atom stereocenters. The molecular formula is C13H25N5. The number of nitrogens with two attached hydrogens (primary N) is 1. The Balaban J connectivity index is 2.56. The summed E-state index contributed by atoms with van der Waals surface area (Å²) >= 11 is 0. The Morgan fingerprint density at radius 3 is 2.78 bits per heavy atom. The zero-order valence-corrected chi connectivity index (χ0v) is 11.8. The summed E-state index contributed by atoms with van der Waals surface area (Å²) in [7, 11) is 2.04. The zero-order valence-electron chi connectivity index (χ0n) is 11.8. The van der Waals surface area contributed by atoms with E-state index in [1.54, 1.807) is 0 Å². The molecule has 18 heavy (non-hydrogen) atoms. The van der Waals surface area contributed by atoms with Crippen LogP contribution in [0.3, 0.4) is 0 Å². The third kappa shape index (κ3) is 4.14. The monoisotopic (exact) mass is 251 g/mol. The van der Waals surface area contributed by atoms with Crippen molar-refractivity contribution in [1.29, 1.82) is 5.41 Å². The summed E-state index contributed by atoms with van der Waals surface area (Å²) in [5, 5.41) is 11.9. The molecule has 0 radical (unpaired) electrons. The standard InChI is InChI=1S/C13H25N5/c1-5-10(2)18-7-6-12(16-18)9-17(4)11(3)8-13(14)15/h6-7,10-11H,5,8-9H2,1-4H3,(H3,14,15). The van der Waals surface area contributed by atoms with Gasteiger partial charge in [-0.15, -0.1) is 0 Å². The van der Waals surface area contributed by atoms with Gasteiger partial charge in [0.2, 0.25) is 0 Å². The van der Waals surface area contributed by atoms with Crippen molar-refractivity contribution in [2.45, 2.75) is 52.2 Å². The minimum Gasteiger partial charge on any atom is -0.388 e. The van der Waals surface area contributed by atoms with Crippen LogP contribution in [-0.4, -0.2) is 33.6 Å². The van der Waals surface area contributed by atoms with E-state index in [2.05, 4.69) is 36.8 Å². The van der Waals surface area contributed by atoms with Crippen LogP contribution in [-0.2, 0) is 6.54 Å². The van der Waals surface area contributed by atoms with Crippen LogP contribution in [0.15, 0.2) is 12.3 Å². The first-order chi connectivity index (χ1) is 8.43. The lowest BCUT2D eigenvalue weighted by Gasteiger charge is -2.23. The fourth-order valence-corrected chi connectivity index (χ4v) is 1.78. The van der Waals surface area contributed by atoms with Crippen molar-refractivity contribution in [3.8, 4) is 0 Å². The van der Waals surface area contributed by atoms with Gasteiger partial charge in [0.25, 0.3) is 0 Å². The van der Waals surface area contributed by atoms with Crippen LogP contribution in [0, 0.1) is 5.41 Å². The van der Waals surface area contributed by atoms with Crippen molar-refractivity contribution in [1.82, 2.24) is 14.7 Å². The molecule has 0 spiro atoms. The van der Waals surface area contributed by atoms with E-state index in [0.29, 0.717) is 12.5 Å². The summed E-state index contributed by atoms with van der Waals surface area (Å²) in [4.78, 5) is 2.17. The number of hydrogen-bond acceptors (Lipinski definition) is 3. The maximum absolute atomic E-state index is 7.31. The minimum absolute atomic E-state index is 0.236. The molecule has 0 aliphatic carbocycles. The molecule has 1 heterocycles. The third-order valence-electron chi connectivity index (χ3n) is 3.39. The van der Waals surface area contributed by atoms with Gasteiger partial charge < -0.3 is 5.73 Å². The highest BCUT2D eigenvalue weighted by Gasteiger charge is 2.12. The quantitative estimate of drug-likeness (QED) is 0.575. The molecular weight excluding hydrogens is 226 g/mol. The Bertz CT molecular complexity index is 384. The van der Waals surface area contributed by atoms with Crippen molar-refractivity contribution in [2.24, 2.45) is 5.73 Å². The summed E-state index contributed by atoms with van der Waals surface area (Å²) in [6.45, 7) is 7.19. The number of nitrogens with one attached hydrogen (secondary N) is 1. The summed E-state index contributed by atoms with van der Waals surface area (Å²) in [5.74, 6) is 0.236. The van der Waals surface area contributed by atoms with Crippen LogP contribution in [0.25, 0.3) is 0 Å². The smallest absolute Gasteiger partial charge is 0.0920 e. The van der Waals surface area contributed by atoms with Gasteiger partial charge in [-0.1, -0.05) is 6.92 Å². The van der Waals surface area contributed by atoms with Gasteiger partial charge in [0.15, 0.2) is 0 Å². The van der Waals surface area contributed by atoms with Crippen LogP contribution in [0.1, 0.15) is 45.3 Å². The van der Waals surface area contributed by atoms with Gasteiger partial charge in [-0.2, -0.15) is 5.10 Å². The maximum atomic E-state index is 7.31. The largest absolute Gasteiger partial charge is 0.388 e. The second-order valence-electron chi connectivity index (χ2n) is 5.04. The fourth-order valence-electron chi connectivity index (χ4n) is 1.78. The normalized spacial score (nSPS) is 14.7. The lowest BCUT2D eigenvalue weighted by molar-refractivity contribution is 0.250. The molecule has 5 nitrogen and oxygen atoms in total. The molecule has 1 aromatic rings. The molecule has 102 valence electrons. The maximum Gasteiger partial charge on any atom is 0.0920 e. The van der Waals surface area contributed by atoms with E-state index in [9.17, 15) is 0 Å². The van der Waals surface area contributed by atoms with Crippen molar-refractivity contribution in [3.05, 3.63) is 18.0 Å². The number of rotatable bonds is 7. The number of amidine groups is 1. The molecule has 0 bridgehead atoms. The van der Waals surface area contributed by atoms with Gasteiger partial charge in [0.1, 0.15) is 0 Å². The van der Waals surface area contributed by atoms with Crippen LogP contribution in [0.5, 0.6) is 0 Å². The van der Waals surface area contributed by atoms with Crippen LogP contribution < -0.4 is 5.73 Å². The second kappa shape index (κ2) is 6.54. The van der Waals surface area contributed by atoms with E-state index in [-0.39, 0.29) is 11.9 Å². The molecule has 0 aliphatic heterocycles. The third-order valence-corrected chi connectivity index (χ3v) is 3.39. The summed E-state index contributed by atoms with van der Waals surface area (Å²) in [6, 6.07) is 2.76. The van der Waals surface area contributed by atoms with Gasteiger partial charge in [-0.25, -0.2) is 0 Å². The van der Waals surface area contributed by atoms with Crippen LogP contribution >= 0.6 is 0 Å². The first-order valence-corrected chi connectivity index (χ1v) is 6.51. The SMILES string of the molecule is CCC(C)n1ccc(CN(C)C(C)CC(=N)N)n1. The molecule has 3 N–H and O–H groups in total. The molecule has 0 aromatic carbocycles. The lowest BCUT2D eigenvalue weighted by Crippen LogP contribution is -2.32. The Hall–Kier alpha value is -1.36. The second-order valence-corrected chi connectivity index (χ2v) is 5.04. The van der Waals surface area contributed by atoms with Crippen molar-refractivity contribution in [3.63, 3.8) is 0 Å². The zero-order chi connectivity index (χ0) is 13.7. The minimum atomic E-state index is 0.236. The van der Waals surface area contributed by atoms with Crippen molar-refractivity contribution < 1.29 is 0 Å². The Kier molecular flexibility index (Phi) is 5.34. The first-order valence-electron chi connectivity index (χ1n) is 6.51. The Labute approximate surface area is 109 Å². The van der Waals surface area contributed by atoms with E-state index in [4.69, 9.17) is 11.1 Å². The van der Waals surface area contributed by atoms with Crippen molar-refractivity contribution >= 4 is 5.84 Å². The van der Waals surface area contributed by atoms with Gasteiger partial charge in [-0.3, -0.25) is 15.0 Å². The van der Waals surface area contributed by atoms with E-state index >= 15 is 0 Å². The molecule has 0 fully saturated rings. The van der Waals surface area contributed by atoms with E-state index in [1.807, 2.05) is 17.9 Å². The van der Waals surface area contributed by atoms with E-state index in [1.165, 1.54) is 0 Å². The summed E-state index contributed by atoms with van der Waals surface area (Å²) in [6.07, 6.45) is 3.72. The molecule has 0 amide bonds.